The molecule has 2 heterocycles. The molecule has 2 aromatic heterocycles. The molecule has 0 aliphatic carbocycles. The lowest BCUT2D eigenvalue weighted by Gasteiger charge is -2.12. The Morgan fingerprint density at radius 2 is 1.10 bits per heavy atom. The highest BCUT2D eigenvalue weighted by Crippen LogP contribution is 2.28. The third kappa shape index (κ3) is 13.0. The van der Waals surface area contributed by atoms with E-state index in [0.717, 1.165) is 40.5 Å². The summed E-state index contributed by atoms with van der Waals surface area (Å²) in [5, 5.41) is 25.1. The quantitative estimate of drug-likeness (QED) is 0.102. The largest absolute Gasteiger partial charge is 0.324 e. The third-order valence-electron chi connectivity index (χ3n) is 5.94. The molecule has 5 aromatic rings. The molecule has 0 saturated heterocycles. The van der Waals surface area contributed by atoms with Crippen molar-refractivity contribution in [3.63, 3.8) is 0 Å². The molecule has 270 valence electrons. The van der Waals surface area contributed by atoms with Gasteiger partial charge in [-0.05, 0) is 54.6 Å². The Balaban J connectivity index is 0.000000259. The molecule has 52 heavy (non-hydrogen) atoms. The number of aromatic nitrogens is 6. The van der Waals surface area contributed by atoms with Gasteiger partial charge in [-0.15, -0.1) is 10.2 Å². The average Bonchev–Trinajstić information content (AvgIpc) is 3.09. The van der Waals surface area contributed by atoms with Crippen LogP contribution in [-0.2, 0) is 20.9 Å². The van der Waals surface area contributed by atoms with Crippen molar-refractivity contribution in [3.05, 3.63) is 118 Å². The standard InChI is InChI=1S/C19H13Cl4N5O3S.C11H8Cl2N4O2S/c20-10-1-3-12(22)14(5-10)25-16(29)8-28-18(31)7-24-27-19(28)32-9-17(30)26-15-6-11(21)2-4-13(15)23;12-6-1-2-7(13)8(3-6)15-10(19)5-20-11-16-9(18)4-14-17-11/h1-7H,8-9H2,(H,25,29)(H,26,30);1-4H,5H2,(H,15,19)(H,16,17,18). The average molecular weight is 864 g/mol. The zero-order chi connectivity index (χ0) is 37.8. The molecule has 0 atom stereocenters. The Morgan fingerprint density at radius 1 is 0.635 bits per heavy atom. The number of nitrogens with zero attached hydrogens (tertiary/aromatic N) is 5. The lowest BCUT2D eigenvalue weighted by Crippen LogP contribution is -2.30. The molecule has 3 amide bonds. The van der Waals surface area contributed by atoms with Crippen LogP contribution in [0.2, 0.25) is 30.1 Å². The van der Waals surface area contributed by atoms with E-state index in [1.54, 1.807) is 36.4 Å². The van der Waals surface area contributed by atoms with Crippen LogP contribution in [0.1, 0.15) is 0 Å². The summed E-state index contributed by atoms with van der Waals surface area (Å²) < 4.78 is 1.09. The van der Waals surface area contributed by atoms with Gasteiger partial charge in [0.2, 0.25) is 17.7 Å². The van der Waals surface area contributed by atoms with Gasteiger partial charge in [0.05, 0.1) is 43.6 Å². The molecule has 0 aliphatic rings. The number of hydrogen-bond acceptors (Lipinski definition) is 11. The van der Waals surface area contributed by atoms with Crippen molar-refractivity contribution < 1.29 is 14.4 Å². The highest BCUT2D eigenvalue weighted by Gasteiger charge is 2.15. The Bertz CT molecular complexity index is 2230. The van der Waals surface area contributed by atoms with Crippen molar-refractivity contribution in [2.24, 2.45) is 0 Å². The van der Waals surface area contributed by atoms with Gasteiger partial charge < -0.3 is 16.0 Å². The maximum atomic E-state index is 12.5. The summed E-state index contributed by atoms with van der Waals surface area (Å²) in [5.41, 5.74) is 0.136. The molecule has 0 bridgehead atoms. The van der Waals surface area contributed by atoms with Crippen LogP contribution < -0.4 is 27.1 Å². The summed E-state index contributed by atoms with van der Waals surface area (Å²) in [5.74, 6) is -1.33. The molecule has 0 radical (unpaired) electrons. The minimum absolute atomic E-state index is 0.0531. The number of aromatic amines is 1. The van der Waals surface area contributed by atoms with Gasteiger partial charge in [0.1, 0.15) is 18.9 Å². The number of thioether (sulfide) groups is 2. The predicted octanol–water partition coefficient (Wildman–Crippen LogP) is 6.82. The van der Waals surface area contributed by atoms with Gasteiger partial charge in [-0.1, -0.05) is 93.1 Å². The molecule has 14 nitrogen and oxygen atoms in total. The van der Waals surface area contributed by atoms with Crippen molar-refractivity contribution in [2.45, 2.75) is 16.9 Å². The topological polar surface area (TPSA) is 194 Å². The lowest BCUT2D eigenvalue weighted by molar-refractivity contribution is -0.117. The highest BCUT2D eigenvalue weighted by molar-refractivity contribution is 8.00. The zero-order valence-corrected chi connectivity index (χ0v) is 32.0. The summed E-state index contributed by atoms with van der Waals surface area (Å²) in [6.45, 7) is -0.374. The monoisotopic (exact) mass is 861 g/mol. The smallest absolute Gasteiger partial charge is 0.273 e. The molecule has 3 aromatic carbocycles. The van der Waals surface area contributed by atoms with Gasteiger partial charge in [-0.25, -0.2) is 0 Å². The molecule has 0 fully saturated rings. The summed E-state index contributed by atoms with van der Waals surface area (Å²) in [7, 11) is 0. The molecule has 5 rings (SSSR count). The van der Waals surface area contributed by atoms with E-state index in [0.29, 0.717) is 42.2 Å². The molecule has 0 unspecified atom stereocenters. The summed E-state index contributed by atoms with van der Waals surface area (Å²) in [4.78, 5) is 62.2. The fraction of sp³-hybridized carbons (Fsp3) is 0.100. The number of nitrogens with one attached hydrogen (secondary N) is 4. The van der Waals surface area contributed by atoms with Gasteiger partial charge in [-0.2, -0.15) is 10.2 Å². The lowest BCUT2D eigenvalue weighted by atomic mass is 10.3. The fourth-order valence-corrected chi connectivity index (χ4v) is 6.08. The molecular formula is C30H21Cl6N9O5S2. The first kappa shape index (κ1) is 40.9. The Morgan fingerprint density at radius 3 is 1.60 bits per heavy atom. The van der Waals surface area contributed by atoms with Gasteiger partial charge in [0.15, 0.2) is 10.3 Å². The van der Waals surface area contributed by atoms with Crippen LogP contribution in [0.15, 0.2) is 86.9 Å². The number of hydrogen-bond donors (Lipinski definition) is 4. The van der Waals surface area contributed by atoms with Crippen molar-refractivity contribution >= 4 is 128 Å². The second-order valence-electron chi connectivity index (χ2n) is 9.78. The number of halogens is 6. The first-order valence-electron chi connectivity index (χ1n) is 14.1. The number of amides is 3. The Kier molecular flexibility index (Phi) is 15.6. The van der Waals surface area contributed by atoms with Crippen molar-refractivity contribution in [3.8, 4) is 0 Å². The Hall–Kier alpha value is -3.87. The Labute approximate surface area is 332 Å². The van der Waals surface area contributed by atoms with Crippen LogP contribution in [-0.4, -0.2) is 59.2 Å². The zero-order valence-electron chi connectivity index (χ0n) is 25.8. The molecule has 0 aliphatic heterocycles. The van der Waals surface area contributed by atoms with Gasteiger partial charge in [0.25, 0.3) is 11.1 Å². The second kappa shape index (κ2) is 19.8. The van der Waals surface area contributed by atoms with E-state index in [-0.39, 0.29) is 44.9 Å². The van der Waals surface area contributed by atoms with Crippen LogP contribution in [0.3, 0.4) is 0 Å². The van der Waals surface area contributed by atoms with Crippen LogP contribution in [0.4, 0.5) is 17.1 Å². The second-order valence-corrected chi connectivity index (χ2v) is 14.2. The van der Waals surface area contributed by atoms with Gasteiger partial charge in [0, 0.05) is 15.1 Å². The number of benzene rings is 3. The third-order valence-corrected chi connectivity index (χ3v) is 9.47. The SMILES string of the molecule is O=C(CSc1nncc(=O)[nH]1)Nc1cc(Cl)ccc1Cl.O=C(CSc1nncc(=O)n1CC(=O)Nc1cc(Cl)ccc1Cl)Nc1cc(Cl)ccc1Cl. The van der Waals surface area contributed by atoms with E-state index >= 15 is 0 Å². The highest BCUT2D eigenvalue weighted by atomic mass is 35.5. The van der Waals surface area contributed by atoms with Gasteiger partial charge >= 0.3 is 0 Å². The number of anilines is 3. The molecule has 4 N–H and O–H groups in total. The first-order valence-corrected chi connectivity index (χ1v) is 18.4. The van der Waals surface area contributed by atoms with E-state index in [2.05, 4.69) is 41.3 Å². The van der Waals surface area contributed by atoms with Crippen molar-refractivity contribution in [1.82, 2.24) is 29.9 Å². The first-order chi connectivity index (χ1) is 24.8. The summed E-state index contributed by atoms with van der Waals surface area (Å²) in [6, 6.07) is 14.0. The summed E-state index contributed by atoms with van der Waals surface area (Å²) in [6.07, 6.45) is 2.02. The molecule has 0 saturated carbocycles. The van der Waals surface area contributed by atoms with Crippen LogP contribution >= 0.6 is 93.1 Å². The maximum absolute atomic E-state index is 12.5. The van der Waals surface area contributed by atoms with E-state index in [9.17, 15) is 24.0 Å². The number of carbonyl (C=O) groups excluding carboxylic acids is 3. The molecule has 0 spiro atoms. The van der Waals surface area contributed by atoms with Crippen LogP contribution in [0, 0.1) is 0 Å². The minimum Gasteiger partial charge on any atom is -0.324 e. The van der Waals surface area contributed by atoms with E-state index in [1.807, 2.05) is 0 Å². The van der Waals surface area contributed by atoms with E-state index in [1.165, 1.54) is 18.2 Å². The fourth-order valence-electron chi connectivity index (χ4n) is 3.71. The van der Waals surface area contributed by atoms with E-state index < -0.39 is 17.4 Å². The van der Waals surface area contributed by atoms with Crippen molar-refractivity contribution in [2.75, 3.05) is 27.5 Å². The normalized spacial score (nSPS) is 10.5. The predicted molar refractivity (Wildman–Crippen MR) is 206 cm³/mol. The summed E-state index contributed by atoms with van der Waals surface area (Å²) >= 11 is 37.6. The van der Waals surface area contributed by atoms with Crippen LogP contribution in [0.25, 0.3) is 0 Å². The molecular weight excluding hydrogens is 843 g/mol. The van der Waals surface area contributed by atoms with E-state index in [4.69, 9.17) is 69.6 Å². The number of H-pyrrole nitrogens is 1. The maximum Gasteiger partial charge on any atom is 0.273 e. The number of rotatable bonds is 11. The van der Waals surface area contributed by atoms with Crippen molar-refractivity contribution in [1.29, 1.82) is 0 Å². The minimum atomic E-state index is -0.562. The van der Waals surface area contributed by atoms with Gasteiger partial charge in [-0.3, -0.25) is 33.5 Å². The molecule has 22 heteroatoms. The van der Waals surface area contributed by atoms with Crippen LogP contribution in [0.5, 0.6) is 0 Å². The number of carbonyl (C=O) groups is 3.